The third-order valence-electron chi connectivity index (χ3n) is 4.42. The molecule has 1 fully saturated rings. The van der Waals surface area contributed by atoms with E-state index in [9.17, 15) is 18.3 Å². The van der Waals surface area contributed by atoms with Crippen LogP contribution in [0.25, 0.3) is 0 Å². The number of carbonyl (C=O) groups is 1. The van der Waals surface area contributed by atoms with Crippen molar-refractivity contribution < 1.29 is 18.3 Å². The Bertz CT molecular complexity index is 700. The molecular formula is C16H24N2O4S. The molecule has 23 heavy (non-hydrogen) atoms. The lowest BCUT2D eigenvalue weighted by Gasteiger charge is -2.38. The van der Waals surface area contributed by atoms with Crippen LogP contribution in [-0.2, 0) is 14.8 Å². The van der Waals surface area contributed by atoms with Crippen LogP contribution in [0.1, 0.15) is 17.5 Å². The van der Waals surface area contributed by atoms with Gasteiger partial charge < -0.3 is 10.0 Å². The third kappa shape index (κ3) is 3.73. The van der Waals surface area contributed by atoms with Crippen LogP contribution in [0.2, 0.25) is 0 Å². The van der Waals surface area contributed by atoms with Gasteiger partial charge in [0.2, 0.25) is 10.0 Å². The second-order valence-corrected chi connectivity index (χ2v) is 8.39. The van der Waals surface area contributed by atoms with Crippen molar-refractivity contribution in [3.05, 3.63) is 29.3 Å². The molecule has 1 saturated heterocycles. The Hall–Kier alpha value is -1.44. The van der Waals surface area contributed by atoms with Crippen molar-refractivity contribution in [3.8, 4) is 0 Å². The van der Waals surface area contributed by atoms with E-state index in [0.29, 0.717) is 18.5 Å². The SMILES string of the molecule is Cc1ccc(S(=O)(=O)N2CC(C(=O)O)CC(N(C)C)C2)c(C)c1. The zero-order chi connectivity index (χ0) is 17.4. The molecule has 1 aliphatic heterocycles. The first-order chi connectivity index (χ1) is 10.6. The number of rotatable bonds is 4. The number of aryl methyl sites for hydroxylation is 2. The Kier molecular flexibility index (Phi) is 5.13. The summed E-state index contributed by atoms with van der Waals surface area (Å²) in [5, 5.41) is 9.34. The zero-order valence-electron chi connectivity index (χ0n) is 14.0. The van der Waals surface area contributed by atoms with Crippen molar-refractivity contribution in [1.82, 2.24) is 9.21 Å². The molecule has 2 atom stereocenters. The predicted molar refractivity (Wildman–Crippen MR) is 87.9 cm³/mol. The highest BCUT2D eigenvalue weighted by molar-refractivity contribution is 7.89. The zero-order valence-corrected chi connectivity index (χ0v) is 14.8. The molecule has 7 heteroatoms. The maximum atomic E-state index is 13.0. The van der Waals surface area contributed by atoms with Gasteiger partial charge in [0, 0.05) is 19.1 Å². The van der Waals surface area contributed by atoms with Crippen LogP contribution in [0.15, 0.2) is 23.1 Å². The third-order valence-corrected chi connectivity index (χ3v) is 6.41. The molecular weight excluding hydrogens is 316 g/mol. The van der Waals surface area contributed by atoms with E-state index in [-0.39, 0.29) is 17.5 Å². The summed E-state index contributed by atoms with van der Waals surface area (Å²) >= 11 is 0. The Labute approximate surface area is 137 Å². The monoisotopic (exact) mass is 340 g/mol. The van der Waals surface area contributed by atoms with Gasteiger partial charge in [0.1, 0.15) is 0 Å². The minimum atomic E-state index is -3.70. The number of carboxylic acids is 1. The van der Waals surface area contributed by atoms with Crippen molar-refractivity contribution in [3.63, 3.8) is 0 Å². The number of benzene rings is 1. The van der Waals surface area contributed by atoms with Gasteiger partial charge in [0.15, 0.2) is 0 Å². The van der Waals surface area contributed by atoms with Gasteiger partial charge in [0.25, 0.3) is 0 Å². The molecule has 2 rings (SSSR count). The highest BCUT2D eigenvalue weighted by Gasteiger charge is 2.38. The van der Waals surface area contributed by atoms with E-state index in [1.54, 1.807) is 19.1 Å². The first-order valence-corrected chi connectivity index (χ1v) is 9.03. The van der Waals surface area contributed by atoms with E-state index in [1.165, 1.54) is 4.31 Å². The van der Waals surface area contributed by atoms with Crippen LogP contribution in [0.5, 0.6) is 0 Å². The van der Waals surface area contributed by atoms with Crippen molar-refractivity contribution in [1.29, 1.82) is 0 Å². The minimum absolute atomic E-state index is 0.0231. The molecule has 0 bridgehead atoms. The number of sulfonamides is 1. The van der Waals surface area contributed by atoms with Gasteiger partial charge in [-0.3, -0.25) is 4.79 Å². The Balaban J connectivity index is 2.38. The number of hydrogen-bond acceptors (Lipinski definition) is 4. The predicted octanol–water partition coefficient (Wildman–Crippen LogP) is 1.33. The Morgan fingerprint density at radius 2 is 1.91 bits per heavy atom. The molecule has 0 spiro atoms. The number of carboxylic acid groups (broad SMARTS) is 1. The minimum Gasteiger partial charge on any atom is -0.481 e. The molecule has 128 valence electrons. The lowest BCUT2D eigenvalue weighted by atomic mass is 9.95. The lowest BCUT2D eigenvalue weighted by Crippen LogP contribution is -2.52. The van der Waals surface area contributed by atoms with E-state index >= 15 is 0 Å². The van der Waals surface area contributed by atoms with Gasteiger partial charge in [-0.25, -0.2) is 8.42 Å². The molecule has 0 radical (unpaired) electrons. The fourth-order valence-electron chi connectivity index (χ4n) is 3.01. The second kappa shape index (κ2) is 6.59. The molecule has 0 aromatic heterocycles. The molecule has 0 amide bonds. The summed E-state index contributed by atoms with van der Waals surface area (Å²) in [6.07, 6.45) is 0.460. The molecule has 1 aromatic rings. The maximum Gasteiger partial charge on any atom is 0.307 e. The summed E-state index contributed by atoms with van der Waals surface area (Å²) in [4.78, 5) is 13.5. The molecule has 1 heterocycles. The van der Waals surface area contributed by atoms with E-state index in [0.717, 1.165) is 5.56 Å². The normalized spacial score (nSPS) is 23.2. The number of likely N-dealkylation sites (N-methyl/N-ethyl adjacent to an activating group) is 1. The summed E-state index contributed by atoms with van der Waals surface area (Å²) in [5.74, 6) is -1.63. The largest absolute Gasteiger partial charge is 0.481 e. The number of piperidine rings is 1. The van der Waals surface area contributed by atoms with Crippen LogP contribution in [0.3, 0.4) is 0 Å². The average Bonchev–Trinajstić information content (AvgIpc) is 2.46. The van der Waals surface area contributed by atoms with Crippen molar-refractivity contribution >= 4 is 16.0 Å². The van der Waals surface area contributed by atoms with Gasteiger partial charge in [-0.05, 0) is 46.0 Å². The van der Waals surface area contributed by atoms with E-state index < -0.39 is 21.9 Å². The van der Waals surface area contributed by atoms with Gasteiger partial charge in [-0.2, -0.15) is 4.31 Å². The molecule has 6 nitrogen and oxygen atoms in total. The standard InChI is InChI=1S/C16H24N2O4S/c1-11-5-6-15(12(2)7-11)23(21,22)18-9-13(16(19)20)8-14(10-18)17(3)4/h5-7,13-14H,8-10H2,1-4H3,(H,19,20). The number of hydrogen-bond donors (Lipinski definition) is 1. The van der Waals surface area contributed by atoms with Gasteiger partial charge >= 0.3 is 5.97 Å². The van der Waals surface area contributed by atoms with Crippen molar-refractivity contribution in [2.45, 2.75) is 31.2 Å². The number of aliphatic carboxylic acids is 1. The fraction of sp³-hybridized carbons (Fsp3) is 0.562. The molecule has 1 aromatic carbocycles. The first kappa shape index (κ1) is 17.9. The topological polar surface area (TPSA) is 77.9 Å². The summed E-state index contributed by atoms with van der Waals surface area (Å²) in [6.45, 7) is 4.01. The highest BCUT2D eigenvalue weighted by Crippen LogP contribution is 2.27. The summed E-state index contributed by atoms with van der Waals surface area (Å²) in [7, 11) is -0.0109. The average molecular weight is 340 g/mol. The van der Waals surface area contributed by atoms with E-state index in [1.807, 2.05) is 32.0 Å². The molecule has 1 N–H and O–H groups in total. The molecule has 0 aliphatic carbocycles. The fourth-order valence-corrected chi connectivity index (χ4v) is 4.74. The quantitative estimate of drug-likeness (QED) is 0.895. The van der Waals surface area contributed by atoms with Gasteiger partial charge in [0.05, 0.1) is 10.8 Å². The van der Waals surface area contributed by atoms with Crippen LogP contribution in [0, 0.1) is 19.8 Å². The van der Waals surface area contributed by atoms with Crippen LogP contribution in [0.4, 0.5) is 0 Å². The van der Waals surface area contributed by atoms with Crippen LogP contribution >= 0.6 is 0 Å². The van der Waals surface area contributed by atoms with Gasteiger partial charge in [-0.1, -0.05) is 17.7 Å². The molecule has 2 unspecified atom stereocenters. The smallest absolute Gasteiger partial charge is 0.307 e. The van der Waals surface area contributed by atoms with Crippen LogP contribution in [-0.4, -0.2) is 61.9 Å². The number of nitrogens with zero attached hydrogens (tertiary/aromatic N) is 2. The Morgan fingerprint density at radius 3 is 2.43 bits per heavy atom. The maximum absolute atomic E-state index is 13.0. The molecule has 0 saturated carbocycles. The van der Waals surface area contributed by atoms with Gasteiger partial charge in [-0.15, -0.1) is 0 Å². The summed E-state index contributed by atoms with van der Waals surface area (Å²) in [5.41, 5.74) is 1.68. The van der Waals surface area contributed by atoms with Crippen LogP contribution < -0.4 is 0 Å². The van der Waals surface area contributed by atoms with Crippen molar-refractivity contribution in [2.24, 2.45) is 5.92 Å². The second-order valence-electron chi connectivity index (χ2n) is 6.48. The lowest BCUT2D eigenvalue weighted by molar-refractivity contribution is -0.143. The molecule has 1 aliphatic rings. The Morgan fingerprint density at radius 1 is 1.26 bits per heavy atom. The summed E-state index contributed by atoms with van der Waals surface area (Å²) < 4.78 is 27.3. The highest BCUT2D eigenvalue weighted by atomic mass is 32.2. The summed E-state index contributed by atoms with van der Waals surface area (Å²) in [6, 6.07) is 5.09. The first-order valence-electron chi connectivity index (χ1n) is 7.59. The van der Waals surface area contributed by atoms with E-state index in [4.69, 9.17) is 0 Å². The van der Waals surface area contributed by atoms with Crippen molar-refractivity contribution in [2.75, 3.05) is 27.2 Å². The van der Waals surface area contributed by atoms with E-state index in [2.05, 4.69) is 0 Å².